The van der Waals surface area contributed by atoms with E-state index in [0.717, 1.165) is 12.0 Å². The molecule has 4 nitrogen and oxygen atoms in total. The third-order valence-electron chi connectivity index (χ3n) is 2.80. The Hall–Kier alpha value is -1.55. The zero-order valence-corrected chi connectivity index (χ0v) is 12.0. The standard InChI is InChI=1S/C15H24N2O2/c1-11(2)8-13(9-16)17-15(18)10-19-14-6-4-12(3)5-7-14/h4-7,11,13H,8-10,16H2,1-3H3,(H,17,18). The summed E-state index contributed by atoms with van der Waals surface area (Å²) >= 11 is 0. The minimum absolute atomic E-state index is 0.0223. The van der Waals surface area contributed by atoms with Gasteiger partial charge in [-0.25, -0.2) is 0 Å². The highest BCUT2D eigenvalue weighted by Gasteiger charge is 2.12. The summed E-state index contributed by atoms with van der Waals surface area (Å²) in [6.45, 7) is 6.70. The Balaban J connectivity index is 2.36. The summed E-state index contributed by atoms with van der Waals surface area (Å²) in [5.41, 5.74) is 6.80. The van der Waals surface area contributed by atoms with E-state index in [1.807, 2.05) is 31.2 Å². The van der Waals surface area contributed by atoms with Crippen LogP contribution in [0.3, 0.4) is 0 Å². The molecule has 1 unspecified atom stereocenters. The second kappa shape index (κ2) is 7.79. The average molecular weight is 264 g/mol. The lowest BCUT2D eigenvalue weighted by Gasteiger charge is -2.18. The molecule has 1 aromatic rings. The van der Waals surface area contributed by atoms with E-state index in [1.165, 1.54) is 0 Å². The predicted octanol–water partition coefficient (Wildman–Crippen LogP) is 1.86. The van der Waals surface area contributed by atoms with Gasteiger partial charge >= 0.3 is 0 Å². The van der Waals surface area contributed by atoms with Crippen LogP contribution in [-0.2, 0) is 4.79 Å². The lowest BCUT2D eigenvalue weighted by molar-refractivity contribution is -0.123. The third kappa shape index (κ3) is 6.25. The molecule has 0 aliphatic heterocycles. The molecule has 1 aromatic carbocycles. The van der Waals surface area contributed by atoms with Gasteiger partial charge in [-0.2, -0.15) is 0 Å². The number of ether oxygens (including phenoxy) is 1. The van der Waals surface area contributed by atoms with Crippen LogP contribution >= 0.6 is 0 Å². The molecule has 0 aliphatic rings. The van der Waals surface area contributed by atoms with E-state index in [-0.39, 0.29) is 18.6 Å². The van der Waals surface area contributed by atoms with Gasteiger partial charge in [0.15, 0.2) is 6.61 Å². The van der Waals surface area contributed by atoms with Crippen LogP contribution in [0.2, 0.25) is 0 Å². The summed E-state index contributed by atoms with van der Waals surface area (Å²) in [6.07, 6.45) is 0.882. The fourth-order valence-corrected chi connectivity index (χ4v) is 1.84. The highest BCUT2D eigenvalue weighted by Crippen LogP contribution is 2.11. The minimum atomic E-state index is -0.128. The largest absolute Gasteiger partial charge is 0.484 e. The molecular formula is C15H24N2O2. The van der Waals surface area contributed by atoms with Gasteiger partial charge < -0.3 is 15.8 Å². The van der Waals surface area contributed by atoms with Crippen LogP contribution < -0.4 is 15.8 Å². The zero-order chi connectivity index (χ0) is 14.3. The number of hydrogen-bond acceptors (Lipinski definition) is 3. The van der Waals surface area contributed by atoms with Crippen LogP contribution in [0.25, 0.3) is 0 Å². The van der Waals surface area contributed by atoms with Crippen LogP contribution in [0.4, 0.5) is 0 Å². The summed E-state index contributed by atoms with van der Waals surface area (Å²) in [4.78, 5) is 11.7. The number of aryl methyl sites for hydroxylation is 1. The fourth-order valence-electron chi connectivity index (χ4n) is 1.84. The lowest BCUT2D eigenvalue weighted by atomic mass is 10.0. The summed E-state index contributed by atoms with van der Waals surface area (Å²) in [5, 5.41) is 2.89. The molecule has 1 amide bonds. The highest BCUT2D eigenvalue weighted by atomic mass is 16.5. The van der Waals surface area contributed by atoms with Crippen molar-refractivity contribution in [1.29, 1.82) is 0 Å². The molecule has 0 spiro atoms. The molecule has 4 heteroatoms. The topological polar surface area (TPSA) is 64.3 Å². The van der Waals surface area contributed by atoms with Crippen molar-refractivity contribution in [2.45, 2.75) is 33.2 Å². The van der Waals surface area contributed by atoms with E-state index in [9.17, 15) is 4.79 Å². The molecular weight excluding hydrogens is 240 g/mol. The number of nitrogens with one attached hydrogen (secondary N) is 1. The van der Waals surface area contributed by atoms with Gasteiger partial charge in [0.25, 0.3) is 5.91 Å². The maximum atomic E-state index is 11.7. The van der Waals surface area contributed by atoms with E-state index in [2.05, 4.69) is 19.2 Å². The molecule has 19 heavy (non-hydrogen) atoms. The number of carbonyl (C=O) groups is 1. The lowest BCUT2D eigenvalue weighted by Crippen LogP contribution is -2.43. The Kier molecular flexibility index (Phi) is 6.36. The van der Waals surface area contributed by atoms with E-state index in [1.54, 1.807) is 0 Å². The molecule has 0 radical (unpaired) electrons. The number of benzene rings is 1. The van der Waals surface area contributed by atoms with Gasteiger partial charge in [-0.1, -0.05) is 31.5 Å². The van der Waals surface area contributed by atoms with Crippen molar-refractivity contribution in [1.82, 2.24) is 5.32 Å². The smallest absolute Gasteiger partial charge is 0.258 e. The first-order valence-corrected chi connectivity index (χ1v) is 6.70. The van der Waals surface area contributed by atoms with Crippen LogP contribution in [0.5, 0.6) is 5.75 Å². The van der Waals surface area contributed by atoms with Gasteiger partial charge in [-0.3, -0.25) is 4.79 Å². The number of nitrogens with two attached hydrogens (primary N) is 1. The second-order valence-corrected chi connectivity index (χ2v) is 5.23. The molecule has 1 rings (SSSR count). The van der Waals surface area contributed by atoms with Crippen molar-refractivity contribution < 1.29 is 9.53 Å². The fraction of sp³-hybridized carbons (Fsp3) is 0.533. The summed E-state index contributed by atoms with van der Waals surface area (Å²) in [7, 11) is 0. The SMILES string of the molecule is Cc1ccc(OCC(=O)NC(CN)CC(C)C)cc1. The molecule has 0 fully saturated rings. The third-order valence-corrected chi connectivity index (χ3v) is 2.80. The van der Waals surface area contributed by atoms with Gasteiger partial charge in [-0.05, 0) is 31.4 Å². The number of hydrogen-bond donors (Lipinski definition) is 2. The highest BCUT2D eigenvalue weighted by molar-refractivity contribution is 5.77. The van der Waals surface area contributed by atoms with Gasteiger partial charge in [0.1, 0.15) is 5.75 Å². The molecule has 0 aliphatic carbocycles. The average Bonchev–Trinajstić information content (AvgIpc) is 2.36. The van der Waals surface area contributed by atoms with Crippen molar-refractivity contribution in [3.8, 4) is 5.75 Å². The summed E-state index contributed by atoms with van der Waals surface area (Å²) < 4.78 is 5.42. The van der Waals surface area contributed by atoms with E-state index in [0.29, 0.717) is 18.2 Å². The molecule has 0 bridgehead atoms. The first-order chi connectivity index (χ1) is 9.01. The Morgan fingerprint density at radius 3 is 2.47 bits per heavy atom. The van der Waals surface area contributed by atoms with E-state index >= 15 is 0 Å². The Labute approximate surface area is 115 Å². The van der Waals surface area contributed by atoms with Crippen LogP contribution in [0.15, 0.2) is 24.3 Å². The van der Waals surface area contributed by atoms with Gasteiger partial charge in [0.2, 0.25) is 0 Å². The number of carbonyl (C=O) groups excluding carboxylic acids is 1. The van der Waals surface area contributed by atoms with Gasteiger partial charge in [0.05, 0.1) is 0 Å². The first-order valence-electron chi connectivity index (χ1n) is 6.70. The normalized spacial score (nSPS) is 12.3. The predicted molar refractivity (Wildman–Crippen MR) is 77.1 cm³/mol. The van der Waals surface area contributed by atoms with Crippen LogP contribution in [0.1, 0.15) is 25.8 Å². The Morgan fingerprint density at radius 1 is 1.32 bits per heavy atom. The molecule has 106 valence electrons. The van der Waals surface area contributed by atoms with Crippen molar-refractivity contribution in [2.75, 3.05) is 13.2 Å². The van der Waals surface area contributed by atoms with Crippen LogP contribution in [-0.4, -0.2) is 25.1 Å². The van der Waals surface area contributed by atoms with Crippen molar-refractivity contribution in [2.24, 2.45) is 11.7 Å². The first kappa shape index (κ1) is 15.5. The van der Waals surface area contributed by atoms with Gasteiger partial charge in [-0.15, -0.1) is 0 Å². The zero-order valence-electron chi connectivity index (χ0n) is 12.0. The molecule has 0 heterocycles. The summed E-state index contributed by atoms with van der Waals surface area (Å²) in [5.74, 6) is 1.08. The van der Waals surface area contributed by atoms with Crippen molar-refractivity contribution >= 4 is 5.91 Å². The van der Waals surface area contributed by atoms with Crippen molar-refractivity contribution in [3.05, 3.63) is 29.8 Å². The molecule has 0 saturated heterocycles. The maximum absolute atomic E-state index is 11.7. The van der Waals surface area contributed by atoms with E-state index < -0.39 is 0 Å². The number of rotatable bonds is 7. The molecule has 1 atom stereocenters. The monoisotopic (exact) mass is 264 g/mol. The van der Waals surface area contributed by atoms with Gasteiger partial charge in [0, 0.05) is 12.6 Å². The maximum Gasteiger partial charge on any atom is 0.258 e. The van der Waals surface area contributed by atoms with E-state index in [4.69, 9.17) is 10.5 Å². The quantitative estimate of drug-likeness (QED) is 0.790. The Morgan fingerprint density at radius 2 is 1.95 bits per heavy atom. The summed E-state index contributed by atoms with van der Waals surface area (Å²) in [6, 6.07) is 7.65. The molecule has 0 saturated carbocycles. The molecule has 3 N–H and O–H groups in total. The Bertz CT molecular complexity index is 388. The molecule has 0 aromatic heterocycles. The number of amides is 1. The minimum Gasteiger partial charge on any atom is -0.484 e. The second-order valence-electron chi connectivity index (χ2n) is 5.23. The van der Waals surface area contributed by atoms with Crippen LogP contribution in [0, 0.1) is 12.8 Å². The van der Waals surface area contributed by atoms with Crippen molar-refractivity contribution in [3.63, 3.8) is 0 Å².